The van der Waals surface area contributed by atoms with Crippen molar-refractivity contribution in [1.82, 2.24) is 9.78 Å². The molecule has 0 atom stereocenters. The Morgan fingerprint density at radius 1 is 1.44 bits per heavy atom. The number of hydrogen-bond donors (Lipinski definition) is 2. The van der Waals surface area contributed by atoms with Crippen LogP contribution in [0.15, 0.2) is 34.2 Å². The lowest BCUT2D eigenvalue weighted by Crippen LogP contribution is -2.11. The zero-order chi connectivity index (χ0) is 13.3. The summed E-state index contributed by atoms with van der Waals surface area (Å²) >= 11 is 7.65. The van der Waals surface area contributed by atoms with E-state index in [-0.39, 0.29) is 5.84 Å². The number of benzene rings is 1. The van der Waals surface area contributed by atoms with E-state index in [0.29, 0.717) is 10.6 Å². The Morgan fingerprint density at radius 2 is 2.17 bits per heavy atom. The van der Waals surface area contributed by atoms with Crippen LogP contribution in [0.2, 0.25) is 5.02 Å². The third kappa shape index (κ3) is 2.68. The third-order valence-corrected chi connectivity index (χ3v) is 3.81. The topological polar surface area (TPSA) is 67.7 Å². The second-order valence-electron chi connectivity index (χ2n) is 3.90. The van der Waals surface area contributed by atoms with E-state index in [4.69, 9.17) is 22.7 Å². The quantitative estimate of drug-likeness (QED) is 0.671. The number of rotatable bonds is 3. The Bertz CT molecular complexity index is 606. The van der Waals surface area contributed by atoms with Crippen molar-refractivity contribution in [3.05, 3.63) is 40.5 Å². The molecule has 0 radical (unpaired) electrons. The standard InChI is InChI=1S/C12H13ClN4S/c1-7-5-11(17(2)16-7)18-8-3-4-9(12(14)15)10(13)6-8/h3-6H,1-2H3,(H3,14,15). The number of nitrogens with one attached hydrogen (secondary N) is 1. The highest BCUT2D eigenvalue weighted by molar-refractivity contribution is 7.99. The zero-order valence-electron chi connectivity index (χ0n) is 10.1. The van der Waals surface area contributed by atoms with E-state index in [1.807, 2.05) is 36.9 Å². The molecule has 2 aromatic rings. The summed E-state index contributed by atoms with van der Waals surface area (Å²) in [6.07, 6.45) is 0. The van der Waals surface area contributed by atoms with Crippen LogP contribution in [0.1, 0.15) is 11.3 Å². The molecular weight excluding hydrogens is 268 g/mol. The van der Waals surface area contributed by atoms with Gasteiger partial charge < -0.3 is 5.73 Å². The summed E-state index contributed by atoms with van der Waals surface area (Å²) in [5.74, 6) is -0.0204. The number of halogens is 1. The van der Waals surface area contributed by atoms with E-state index < -0.39 is 0 Å². The van der Waals surface area contributed by atoms with E-state index >= 15 is 0 Å². The molecule has 0 aliphatic carbocycles. The third-order valence-electron chi connectivity index (χ3n) is 2.41. The van der Waals surface area contributed by atoms with Gasteiger partial charge in [0.25, 0.3) is 0 Å². The van der Waals surface area contributed by atoms with Gasteiger partial charge in [-0.1, -0.05) is 23.4 Å². The largest absolute Gasteiger partial charge is 0.384 e. The van der Waals surface area contributed by atoms with E-state index in [1.165, 1.54) is 0 Å². The first-order valence-electron chi connectivity index (χ1n) is 5.30. The number of aromatic nitrogens is 2. The molecule has 0 aliphatic heterocycles. The predicted octanol–water partition coefficient (Wildman–Crippen LogP) is 2.82. The van der Waals surface area contributed by atoms with Gasteiger partial charge in [-0.05, 0) is 31.2 Å². The fourth-order valence-corrected chi connectivity index (χ4v) is 2.88. The molecule has 2 rings (SSSR count). The molecule has 1 heterocycles. The first kappa shape index (κ1) is 13.0. The second-order valence-corrected chi connectivity index (χ2v) is 5.41. The maximum absolute atomic E-state index is 7.38. The van der Waals surface area contributed by atoms with Gasteiger partial charge in [0.15, 0.2) is 0 Å². The van der Waals surface area contributed by atoms with Gasteiger partial charge in [0.1, 0.15) is 5.84 Å². The molecule has 4 nitrogen and oxygen atoms in total. The minimum atomic E-state index is -0.0204. The first-order valence-corrected chi connectivity index (χ1v) is 6.49. The van der Waals surface area contributed by atoms with E-state index in [9.17, 15) is 0 Å². The van der Waals surface area contributed by atoms with Crippen LogP contribution < -0.4 is 5.73 Å². The van der Waals surface area contributed by atoms with E-state index in [1.54, 1.807) is 17.8 Å². The highest BCUT2D eigenvalue weighted by Crippen LogP contribution is 2.30. The van der Waals surface area contributed by atoms with Crippen molar-refractivity contribution in [3.8, 4) is 0 Å². The fourth-order valence-electron chi connectivity index (χ4n) is 1.58. The minimum absolute atomic E-state index is 0.0204. The molecule has 0 saturated heterocycles. The Morgan fingerprint density at radius 3 is 2.67 bits per heavy atom. The van der Waals surface area contributed by atoms with Crippen molar-refractivity contribution in [2.24, 2.45) is 12.8 Å². The minimum Gasteiger partial charge on any atom is -0.384 e. The van der Waals surface area contributed by atoms with Gasteiger partial charge >= 0.3 is 0 Å². The van der Waals surface area contributed by atoms with Crippen LogP contribution in [0, 0.1) is 12.3 Å². The number of hydrogen-bond acceptors (Lipinski definition) is 3. The average molecular weight is 281 g/mol. The summed E-state index contributed by atoms with van der Waals surface area (Å²) in [6.45, 7) is 1.95. The van der Waals surface area contributed by atoms with Gasteiger partial charge in [0, 0.05) is 17.5 Å². The Hall–Kier alpha value is -1.46. The van der Waals surface area contributed by atoms with E-state index in [0.717, 1.165) is 15.6 Å². The molecule has 1 aromatic carbocycles. The lowest BCUT2D eigenvalue weighted by Gasteiger charge is -2.05. The van der Waals surface area contributed by atoms with Crippen molar-refractivity contribution >= 4 is 29.2 Å². The normalized spacial score (nSPS) is 10.6. The summed E-state index contributed by atoms with van der Waals surface area (Å²) in [5, 5.41) is 13.2. The Balaban J connectivity index is 2.28. The molecule has 0 aliphatic rings. The molecule has 0 spiro atoms. The smallest absolute Gasteiger partial charge is 0.124 e. The highest BCUT2D eigenvalue weighted by atomic mass is 35.5. The van der Waals surface area contributed by atoms with Crippen LogP contribution in [0.25, 0.3) is 0 Å². The number of nitrogen functional groups attached to an aromatic ring is 1. The lowest BCUT2D eigenvalue weighted by molar-refractivity contribution is 0.692. The Labute approximate surface area is 115 Å². The van der Waals surface area contributed by atoms with Gasteiger partial charge in [0.2, 0.25) is 0 Å². The van der Waals surface area contributed by atoms with Crippen molar-refractivity contribution < 1.29 is 0 Å². The molecule has 0 fully saturated rings. The van der Waals surface area contributed by atoms with Crippen LogP contribution in [0.4, 0.5) is 0 Å². The first-order chi connectivity index (χ1) is 8.47. The monoisotopic (exact) mass is 280 g/mol. The van der Waals surface area contributed by atoms with Crippen molar-refractivity contribution in [3.63, 3.8) is 0 Å². The van der Waals surface area contributed by atoms with Gasteiger partial charge in [-0.15, -0.1) is 0 Å². The zero-order valence-corrected chi connectivity index (χ0v) is 11.6. The van der Waals surface area contributed by atoms with Crippen LogP contribution in [0.5, 0.6) is 0 Å². The van der Waals surface area contributed by atoms with Gasteiger partial charge in [-0.2, -0.15) is 5.10 Å². The summed E-state index contributed by atoms with van der Waals surface area (Å²) < 4.78 is 1.83. The van der Waals surface area contributed by atoms with Crippen molar-refractivity contribution in [1.29, 1.82) is 5.41 Å². The molecular formula is C12H13ClN4S. The summed E-state index contributed by atoms with van der Waals surface area (Å²) in [6, 6.07) is 7.48. The summed E-state index contributed by atoms with van der Waals surface area (Å²) in [4.78, 5) is 0.994. The van der Waals surface area contributed by atoms with Crippen LogP contribution in [-0.2, 0) is 7.05 Å². The maximum atomic E-state index is 7.38. The summed E-state index contributed by atoms with van der Waals surface area (Å²) in [5.41, 5.74) is 6.96. The fraction of sp³-hybridized carbons (Fsp3) is 0.167. The van der Waals surface area contributed by atoms with Gasteiger partial charge in [-0.25, -0.2) is 0 Å². The van der Waals surface area contributed by atoms with Crippen LogP contribution >= 0.6 is 23.4 Å². The molecule has 94 valence electrons. The van der Waals surface area contributed by atoms with Crippen molar-refractivity contribution in [2.75, 3.05) is 0 Å². The molecule has 0 bridgehead atoms. The number of aryl methyl sites for hydroxylation is 2. The number of nitrogens with zero attached hydrogens (tertiary/aromatic N) is 2. The molecule has 6 heteroatoms. The lowest BCUT2D eigenvalue weighted by atomic mass is 10.2. The van der Waals surface area contributed by atoms with Crippen LogP contribution in [0.3, 0.4) is 0 Å². The molecule has 0 saturated carbocycles. The van der Waals surface area contributed by atoms with Gasteiger partial charge in [0.05, 0.1) is 15.7 Å². The predicted molar refractivity (Wildman–Crippen MR) is 74.5 cm³/mol. The highest BCUT2D eigenvalue weighted by Gasteiger charge is 2.08. The van der Waals surface area contributed by atoms with Crippen LogP contribution in [-0.4, -0.2) is 15.6 Å². The Kier molecular flexibility index (Phi) is 3.63. The molecule has 1 aromatic heterocycles. The molecule has 0 amide bonds. The van der Waals surface area contributed by atoms with Gasteiger partial charge in [-0.3, -0.25) is 10.1 Å². The molecule has 18 heavy (non-hydrogen) atoms. The second kappa shape index (κ2) is 5.04. The van der Waals surface area contributed by atoms with E-state index in [2.05, 4.69) is 5.10 Å². The maximum Gasteiger partial charge on any atom is 0.124 e. The molecule has 3 N–H and O–H groups in total. The SMILES string of the molecule is Cc1cc(Sc2ccc(C(=N)N)c(Cl)c2)n(C)n1. The number of nitrogens with two attached hydrogens (primary N) is 1. The summed E-state index contributed by atoms with van der Waals surface area (Å²) in [7, 11) is 1.90. The molecule has 0 unspecified atom stereocenters. The van der Waals surface area contributed by atoms with Crippen molar-refractivity contribution in [2.45, 2.75) is 16.8 Å². The average Bonchev–Trinajstić information content (AvgIpc) is 2.57. The number of amidine groups is 1.